The fourth-order valence-electron chi connectivity index (χ4n) is 4.95. The molecule has 8 heteroatoms. The van der Waals surface area contributed by atoms with E-state index in [1.165, 1.54) is 4.90 Å². The summed E-state index contributed by atoms with van der Waals surface area (Å²) in [6.45, 7) is 6.96. The Morgan fingerprint density at radius 1 is 1.24 bits per heavy atom. The van der Waals surface area contributed by atoms with E-state index in [0.29, 0.717) is 49.4 Å². The molecule has 0 bridgehead atoms. The van der Waals surface area contributed by atoms with Crippen molar-refractivity contribution in [1.29, 1.82) is 0 Å². The number of rotatable bonds is 9. The molecular formula is C29H29N3O5. The van der Waals surface area contributed by atoms with Gasteiger partial charge in [-0.25, -0.2) is 4.98 Å². The summed E-state index contributed by atoms with van der Waals surface area (Å²) < 4.78 is 13.4. The summed E-state index contributed by atoms with van der Waals surface area (Å²) in [5.41, 5.74) is 2.20. The second kappa shape index (κ2) is 10.3. The number of carbonyl (C=O) groups excluding carboxylic acids is 2. The number of fused-ring (bicyclic) bond motifs is 1. The summed E-state index contributed by atoms with van der Waals surface area (Å²) in [6, 6.07) is 11.9. The number of Topliss-reactive ketones (excluding diaryl/α,β-unsaturated/α-hetero) is 1. The van der Waals surface area contributed by atoms with Gasteiger partial charge in [0.1, 0.15) is 30.0 Å². The molecule has 37 heavy (non-hydrogen) atoms. The van der Waals surface area contributed by atoms with Crippen LogP contribution in [0.2, 0.25) is 0 Å². The Bertz CT molecular complexity index is 1360. The first-order valence-corrected chi connectivity index (χ1v) is 12.3. The van der Waals surface area contributed by atoms with E-state index in [9.17, 15) is 14.7 Å². The Hall–Kier alpha value is -4.33. The van der Waals surface area contributed by atoms with Crippen molar-refractivity contribution in [3.05, 3.63) is 96.1 Å². The first-order valence-electron chi connectivity index (χ1n) is 12.3. The van der Waals surface area contributed by atoms with Crippen molar-refractivity contribution in [2.24, 2.45) is 0 Å². The third-order valence-corrected chi connectivity index (χ3v) is 6.63. The maximum atomic E-state index is 13.4. The molecular weight excluding hydrogens is 470 g/mol. The van der Waals surface area contributed by atoms with Gasteiger partial charge < -0.3 is 24.0 Å². The zero-order valence-corrected chi connectivity index (χ0v) is 20.7. The van der Waals surface area contributed by atoms with Gasteiger partial charge in [0.25, 0.3) is 11.7 Å². The molecule has 5 rings (SSSR count). The third kappa shape index (κ3) is 4.87. The molecule has 1 amide bonds. The lowest BCUT2D eigenvalue weighted by Crippen LogP contribution is -2.31. The normalized spacial score (nSPS) is 20.1. The fourth-order valence-corrected chi connectivity index (χ4v) is 4.95. The average molecular weight is 500 g/mol. The first kappa shape index (κ1) is 24.4. The third-order valence-electron chi connectivity index (χ3n) is 6.63. The molecule has 1 saturated heterocycles. The summed E-state index contributed by atoms with van der Waals surface area (Å²) >= 11 is 0. The van der Waals surface area contributed by atoms with Crippen LogP contribution in [0.1, 0.15) is 36.1 Å². The Morgan fingerprint density at radius 2 is 2.11 bits per heavy atom. The van der Waals surface area contributed by atoms with Crippen LogP contribution < -0.4 is 9.47 Å². The van der Waals surface area contributed by atoms with Crippen molar-refractivity contribution in [2.75, 3.05) is 13.2 Å². The van der Waals surface area contributed by atoms with Crippen LogP contribution in [0.15, 0.2) is 79.4 Å². The van der Waals surface area contributed by atoms with E-state index in [0.717, 1.165) is 11.3 Å². The fraction of sp³-hybridized carbons (Fsp3) is 0.276. The average Bonchev–Trinajstić information content (AvgIpc) is 3.61. The molecule has 0 aliphatic carbocycles. The van der Waals surface area contributed by atoms with E-state index >= 15 is 0 Å². The number of likely N-dealkylation sites (tertiary alicyclic amines) is 1. The van der Waals surface area contributed by atoms with Crippen molar-refractivity contribution in [3.8, 4) is 11.5 Å². The first-order chi connectivity index (χ1) is 18.0. The molecule has 190 valence electrons. The minimum atomic E-state index is -0.751. The summed E-state index contributed by atoms with van der Waals surface area (Å²) in [5.74, 6) is -0.168. The zero-order chi connectivity index (χ0) is 25.9. The quantitative estimate of drug-likeness (QED) is 0.204. The van der Waals surface area contributed by atoms with Gasteiger partial charge in [0, 0.05) is 37.5 Å². The van der Waals surface area contributed by atoms with Gasteiger partial charge in [0.2, 0.25) is 0 Å². The van der Waals surface area contributed by atoms with Crippen LogP contribution in [0, 0.1) is 0 Å². The molecule has 1 aromatic heterocycles. The Balaban J connectivity index is 1.54. The van der Waals surface area contributed by atoms with Crippen LogP contribution in [0.4, 0.5) is 0 Å². The van der Waals surface area contributed by atoms with E-state index < -0.39 is 17.7 Å². The van der Waals surface area contributed by atoms with Gasteiger partial charge in [-0.15, -0.1) is 0 Å². The largest absolute Gasteiger partial charge is 0.507 e. The number of benzene rings is 2. The molecule has 0 radical (unpaired) electrons. The van der Waals surface area contributed by atoms with Crippen LogP contribution >= 0.6 is 0 Å². The Kier molecular flexibility index (Phi) is 6.81. The molecule has 2 atom stereocenters. The number of amides is 1. The van der Waals surface area contributed by atoms with Crippen molar-refractivity contribution < 1.29 is 24.2 Å². The standard InChI is InChI=1S/C29H29N3O5/c1-3-14-36-23-7-4-6-20(17-23)26-25(27(33)21-8-9-24-22(16-21)15-19(2)37-24)28(34)29(35)32(26)12-5-11-31-13-10-30-18-31/h3-4,6-10,13,16-19,26,33H,1,5,11-12,14-15H2,2H3/t19-,26-/m1/s1. The second-order valence-electron chi connectivity index (χ2n) is 9.27. The molecule has 3 heterocycles. The van der Waals surface area contributed by atoms with Gasteiger partial charge in [0.05, 0.1) is 17.9 Å². The molecule has 1 fully saturated rings. The van der Waals surface area contributed by atoms with E-state index in [-0.39, 0.29) is 17.4 Å². The highest BCUT2D eigenvalue weighted by Gasteiger charge is 2.46. The highest BCUT2D eigenvalue weighted by atomic mass is 16.5. The topological polar surface area (TPSA) is 93.9 Å². The molecule has 0 spiro atoms. The van der Waals surface area contributed by atoms with Gasteiger partial charge in [-0.3, -0.25) is 9.59 Å². The number of hydrogen-bond acceptors (Lipinski definition) is 6. The van der Waals surface area contributed by atoms with Gasteiger partial charge in [-0.2, -0.15) is 0 Å². The lowest BCUT2D eigenvalue weighted by molar-refractivity contribution is -0.139. The highest BCUT2D eigenvalue weighted by Crippen LogP contribution is 2.41. The van der Waals surface area contributed by atoms with Crippen molar-refractivity contribution in [1.82, 2.24) is 14.5 Å². The second-order valence-corrected chi connectivity index (χ2v) is 9.27. The van der Waals surface area contributed by atoms with Gasteiger partial charge >= 0.3 is 0 Å². The number of ether oxygens (including phenoxy) is 2. The van der Waals surface area contributed by atoms with E-state index in [1.54, 1.807) is 42.9 Å². The minimum absolute atomic E-state index is 0.0479. The maximum absolute atomic E-state index is 13.4. The van der Waals surface area contributed by atoms with Gasteiger partial charge in [-0.05, 0) is 54.8 Å². The molecule has 1 N–H and O–H groups in total. The predicted molar refractivity (Wildman–Crippen MR) is 138 cm³/mol. The van der Waals surface area contributed by atoms with Crippen molar-refractivity contribution in [3.63, 3.8) is 0 Å². The summed E-state index contributed by atoms with van der Waals surface area (Å²) in [4.78, 5) is 32.2. The van der Waals surface area contributed by atoms with E-state index in [1.807, 2.05) is 35.9 Å². The van der Waals surface area contributed by atoms with Crippen LogP contribution in [0.3, 0.4) is 0 Å². The smallest absolute Gasteiger partial charge is 0.295 e. The molecule has 8 nitrogen and oxygen atoms in total. The number of aryl methyl sites for hydroxylation is 1. The number of aliphatic hydroxyl groups is 1. The van der Waals surface area contributed by atoms with Crippen molar-refractivity contribution >= 4 is 17.4 Å². The lowest BCUT2D eigenvalue weighted by atomic mass is 9.94. The molecule has 3 aromatic rings. The number of aromatic nitrogens is 2. The minimum Gasteiger partial charge on any atom is -0.507 e. The predicted octanol–water partition coefficient (Wildman–Crippen LogP) is 4.28. The zero-order valence-electron chi connectivity index (χ0n) is 20.7. The summed E-state index contributed by atoms with van der Waals surface area (Å²) in [5, 5.41) is 11.4. The Labute approximate surface area is 215 Å². The Morgan fingerprint density at radius 3 is 2.89 bits per heavy atom. The number of aliphatic hydroxyl groups excluding tert-OH is 1. The van der Waals surface area contributed by atoms with Crippen LogP contribution in [-0.2, 0) is 22.6 Å². The monoisotopic (exact) mass is 499 g/mol. The summed E-state index contributed by atoms with van der Waals surface area (Å²) in [6.07, 6.45) is 8.28. The van der Waals surface area contributed by atoms with Crippen LogP contribution in [0.5, 0.6) is 11.5 Å². The maximum Gasteiger partial charge on any atom is 0.295 e. The number of hydrogen-bond donors (Lipinski definition) is 1. The van der Waals surface area contributed by atoms with Crippen LogP contribution in [-0.4, -0.2) is 50.5 Å². The molecule has 0 saturated carbocycles. The van der Waals surface area contributed by atoms with Gasteiger partial charge in [0.15, 0.2) is 0 Å². The molecule has 2 aliphatic heterocycles. The van der Waals surface area contributed by atoms with Crippen molar-refractivity contribution in [2.45, 2.75) is 38.5 Å². The highest BCUT2D eigenvalue weighted by molar-refractivity contribution is 6.46. The summed E-state index contributed by atoms with van der Waals surface area (Å²) in [7, 11) is 0. The van der Waals surface area contributed by atoms with Crippen LogP contribution in [0.25, 0.3) is 5.76 Å². The number of nitrogens with zero attached hydrogens (tertiary/aromatic N) is 3. The molecule has 0 unspecified atom stereocenters. The van der Waals surface area contributed by atoms with E-state index in [2.05, 4.69) is 11.6 Å². The molecule has 2 aliphatic rings. The SMILES string of the molecule is C=CCOc1cccc([C@@H]2C(=C(O)c3ccc4c(c3)C[C@@H](C)O4)C(=O)C(=O)N2CCCn2ccnc2)c1. The van der Waals surface area contributed by atoms with E-state index in [4.69, 9.17) is 9.47 Å². The number of carbonyl (C=O) groups is 2. The number of ketones is 1. The van der Waals surface area contributed by atoms with Gasteiger partial charge in [-0.1, -0.05) is 24.8 Å². The number of imidazole rings is 1. The molecule has 2 aromatic carbocycles. The lowest BCUT2D eigenvalue weighted by Gasteiger charge is -2.26.